The molecule has 1 nitrogen and oxygen atoms in total. The van der Waals surface area contributed by atoms with E-state index in [0.29, 0.717) is 12.2 Å². The number of allylic oxidation sites excluding steroid dienone is 3. The summed E-state index contributed by atoms with van der Waals surface area (Å²) < 4.78 is 34.5. The van der Waals surface area contributed by atoms with Gasteiger partial charge in [0, 0.05) is 5.56 Å². The average Bonchev–Trinajstić information content (AvgIpc) is 2.84. The van der Waals surface area contributed by atoms with Gasteiger partial charge < -0.3 is 4.74 Å². The minimum atomic E-state index is -0.911. The first-order valence-electron chi connectivity index (χ1n) is 12.7. The number of halogens is 2. The van der Waals surface area contributed by atoms with Gasteiger partial charge in [0.15, 0.2) is 11.6 Å². The first kappa shape index (κ1) is 25.2. The molecule has 0 aliphatic heterocycles. The SMILES string of the molecule is CCCCCOc1ccc(-c2ccc(/C=C/CCC3=CCC(CCC)CC3)cc2)c(F)c1F. The van der Waals surface area contributed by atoms with E-state index in [-0.39, 0.29) is 11.3 Å². The van der Waals surface area contributed by atoms with Gasteiger partial charge in [-0.25, -0.2) is 4.39 Å². The Balaban J connectivity index is 1.53. The van der Waals surface area contributed by atoms with Gasteiger partial charge in [-0.15, -0.1) is 0 Å². The van der Waals surface area contributed by atoms with E-state index in [1.807, 2.05) is 24.3 Å². The van der Waals surface area contributed by atoms with Crippen molar-refractivity contribution in [1.29, 1.82) is 0 Å². The summed E-state index contributed by atoms with van der Waals surface area (Å²) in [5.41, 5.74) is 3.58. The van der Waals surface area contributed by atoms with Gasteiger partial charge in [0.25, 0.3) is 0 Å². The second-order valence-corrected chi connectivity index (χ2v) is 9.15. The molecule has 0 saturated heterocycles. The van der Waals surface area contributed by atoms with E-state index in [2.05, 4.69) is 32.1 Å². The van der Waals surface area contributed by atoms with Crippen molar-refractivity contribution in [1.82, 2.24) is 0 Å². The molecule has 0 spiro atoms. The van der Waals surface area contributed by atoms with Gasteiger partial charge in [-0.05, 0) is 67.7 Å². The van der Waals surface area contributed by atoms with Crippen LogP contribution in [0.3, 0.4) is 0 Å². The smallest absolute Gasteiger partial charge is 0.201 e. The van der Waals surface area contributed by atoms with Crippen LogP contribution in [0.1, 0.15) is 83.6 Å². The molecule has 1 aliphatic carbocycles. The first-order valence-corrected chi connectivity index (χ1v) is 12.7. The largest absolute Gasteiger partial charge is 0.490 e. The molecule has 0 fully saturated rings. The van der Waals surface area contributed by atoms with Gasteiger partial charge in [-0.2, -0.15) is 4.39 Å². The molecule has 3 heteroatoms. The van der Waals surface area contributed by atoms with Crippen LogP contribution in [0.15, 0.2) is 54.1 Å². The van der Waals surface area contributed by atoms with E-state index < -0.39 is 11.6 Å². The van der Waals surface area contributed by atoms with E-state index in [0.717, 1.165) is 43.6 Å². The molecule has 0 heterocycles. The lowest BCUT2D eigenvalue weighted by molar-refractivity contribution is 0.286. The third-order valence-corrected chi connectivity index (χ3v) is 6.53. The molecule has 0 N–H and O–H groups in total. The van der Waals surface area contributed by atoms with Gasteiger partial charge in [-0.1, -0.05) is 87.6 Å². The summed E-state index contributed by atoms with van der Waals surface area (Å²) >= 11 is 0. The van der Waals surface area contributed by atoms with Crippen LogP contribution in [0, 0.1) is 17.6 Å². The lowest BCUT2D eigenvalue weighted by atomic mass is 9.85. The molecule has 0 amide bonds. The number of hydrogen-bond acceptors (Lipinski definition) is 1. The van der Waals surface area contributed by atoms with Gasteiger partial charge in [-0.3, -0.25) is 0 Å². The Morgan fingerprint density at radius 1 is 0.970 bits per heavy atom. The Bertz CT molecular complexity index is 927. The lowest BCUT2D eigenvalue weighted by Gasteiger charge is -2.21. The molecular formula is C30H38F2O. The molecule has 2 aromatic carbocycles. The van der Waals surface area contributed by atoms with Crippen molar-refractivity contribution in [2.24, 2.45) is 5.92 Å². The van der Waals surface area contributed by atoms with Gasteiger partial charge >= 0.3 is 0 Å². The third-order valence-electron chi connectivity index (χ3n) is 6.53. The van der Waals surface area contributed by atoms with Gasteiger partial charge in [0.2, 0.25) is 5.82 Å². The van der Waals surface area contributed by atoms with Gasteiger partial charge in [0.05, 0.1) is 6.61 Å². The highest BCUT2D eigenvalue weighted by Crippen LogP contribution is 2.31. The Kier molecular flexibility index (Phi) is 10.2. The zero-order valence-electron chi connectivity index (χ0n) is 20.2. The van der Waals surface area contributed by atoms with Crippen LogP contribution in [0.25, 0.3) is 17.2 Å². The van der Waals surface area contributed by atoms with Crippen molar-refractivity contribution in [3.63, 3.8) is 0 Å². The molecule has 1 atom stereocenters. The fraction of sp³-hybridized carbons (Fsp3) is 0.467. The molecular weight excluding hydrogens is 414 g/mol. The molecule has 1 aliphatic rings. The summed E-state index contributed by atoms with van der Waals surface area (Å²) in [5, 5.41) is 0. The highest BCUT2D eigenvalue weighted by molar-refractivity contribution is 5.67. The molecule has 0 saturated carbocycles. The maximum Gasteiger partial charge on any atom is 0.201 e. The summed E-state index contributed by atoms with van der Waals surface area (Å²) in [5.74, 6) is -0.888. The minimum absolute atomic E-state index is 0.0131. The number of unbranched alkanes of at least 4 members (excludes halogenated alkanes) is 2. The summed E-state index contributed by atoms with van der Waals surface area (Å²) in [6.07, 6.45) is 18.3. The summed E-state index contributed by atoms with van der Waals surface area (Å²) in [6, 6.07) is 10.7. The number of rotatable bonds is 12. The molecule has 0 aromatic heterocycles. The Hall–Kier alpha value is -2.42. The maximum atomic E-state index is 14.6. The number of benzene rings is 2. The van der Waals surface area contributed by atoms with Crippen molar-refractivity contribution in [3.05, 3.63) is 71.3 Å². The van der Waals surface area contributed by atoms with Crippen molar-refractivity contribution >= 4 is 6.08 Å². The first-order chi connectivity index (χ1) is 16.1. The predicted molar refractivity (Wildman–Crippen MR) is 135 cm³/mol. The van der Waals surface area contributed by atoms with E-state index in [9.17, 15) is 8.78 Å². The van der Waals surface area contributed by atoms with Crippen molar-refractivity contribution in [3.8, 4) is 16.9 Å². The fourth-order valence-electron chi connectivity index (χ4n) is 4.50. The number of ether oxygens (including phenoxy) is 1. The Labute approximate surface area is 198 Å². The fourth-order valence-corrected chi connectivity index (χ4v) is 4.50. The van der Waals surface area contributed by atoms with E-state index >= 15 is 0 Å². The predicted octanol–water partition coefficient (Wildman–Crippen LogP) is 9.52. The molecule has 33 heavy (non-hydrogen) atoms. The molecule has 0 bridgehead atoms. The van der Waals surface area contributed by atoms with Crippen LogP contribution < -0.4 is 4.74 Å². The van der Waals surface area contributed by atoms with Crippen LogP contribution in [0.5, 0.6) is 5.75 Å². The average molecular weight is 453 g/mol. The molecule has 178 valence electrons. The van der Waals surface area contributed by atoms with Crippen LogP contribution in [-0.4, -0.2) is 6.61 Å². The lowest BCUT2D eigenvalue weighted by Crippen LogP contribution is -2.05. The summed E-state index contributed by atoms with van der Waals surface area (Å²) in [6.45, 7) is 4.77. The van der Waals surface area contributed by atoms with Crippen molar-refractivity contribution in [2.75, 3.05) is 6.61 Å². The highest BCUT2D eigenvalue weighted by atomic mass is 19.2. The monoisotopic (exact) mass is 452 g/mol. The van der Waals surface area contributed by atoms with Crippen LogP contribution >= 0.6 is 0 Å². The summed E-state index contributed by atoms with van der Waals surface area (Å²) in [4.78, 5) is 0. The minimum Gasteiger partial charge on any atom is -0.490 e. The second-order valence-electron chi connectivity index (χ2n) is 9.15. The zero-order valence-corrected chi connectivity index (χ0v) is 20.2. The second kappa shape index (κ2) is 13.3. The normalized spacial score (nSPS) is 16.2. The maximum absolute atomic E-state index is 14.6. The van der Waals surface area contributed by atoms with E-state index in [1.54, 1.807) is 11.6 Å². The third kappa shape index (κ3) is 7.55. The summed E-state index contributed by atoms with van der Waals surface area (Å²) in [7, 11) is 0. The topological polar surface area (TPSA) is 9.23 Å². The highest BCUT2D eigenvalue weighted by Gasteiger charge is 2.16. The van der Waals surface area contributed by atoms with Gasteiger partial charge in [0.1, 0.15) is 0 Å². The number of hydrogen-bond donors (Lipinski definition) is 0. The standard InChI is InChI=1S/C30H38F2O/c1-3-5-8-22-33-28-21-20-27(29(31)30(28)32)26-18-16-25(17-19-26)11-7-6-10-24-14-12-23(9-4-2)13-15-24/h7,11,14,16-21,23H,3-6,8-10,12-13,15,22H2,1-2H3/b11-7+. The molecule has 0 radical (unpaired) electrons. The van der Waals surface area contributed by atoms with E-state index in [4.69, 9.17) is 4.74 Å². The van der Waals surface area contributed by atoms with Crippen molar-refractivity contribution in [2.45, 2.75) is 78.1 Å². The Morgan fingerprint density at radius 3 is 2.48 bits per heavy atom. The van der Waals surface area contributed by atoms with Crippen LogP contribution in [0.4, 0.5) is 8.78 Å². The quantitative estimate of drug-likeness (QED) is 0.230. The molecule has 1 unspecified atom stereocenters. The molecule has 3 rings (SSSR count). The Morgan fingerprint density at radius 2 is 1.79 bits per heavy atom. The van der Waals surface area contributed by atoms with E-state index in [1.165, 1.54) is 38.2 Å². The van der Waals surface area contributed by atoms with Crippen LogP contribution in [-0.2, 0) is 0 Å². The molecule has 2 aromatic rings. The zero-order chi connectivity index (χ0) is 23.5. The van der Waals surface area contributed by atoms with Crippen LogP contribution in [0.2, 0.25) is 0 Å². The van der Waals surface area contributed by atoms with Crippen molar-refractivity contribution < 1.29 is 13.5 Å².